The van der Waals surface area contributed by atoms with E-state index in [0.29, 0.717) is 34.9 Å². The second kappa shape index (κ2) is 9.10. The van der Waals surface area contributed by atoms with E-state index in [1.54, 1.807) is 32.0 Å². The van der Waals surface area contributed by atoms with Gasteiger partial charge in [0.1, 0.15) is 6.61 Å². The van der Waals surface area contributed by atoms with Crippen molar-refractivity contribution in [3.05, 3.63) is 35.0 Å². The molecule has 0 spiro atoms. The number of esters is 1. The molecule has 0 saturated carbocycles. The number of rotatable bonds is 8. The summed E-state index contributed by atoms with van der Waals surface area (Å²) in [5.41, 5.74) is 1.43. The van der Waals surface area contributed by atoms with Gasteiger partial charge in [0.15, 0.2) is 11.5 Å². The van der Waals surface area contributed by atoms with E-state index < -0.39 is 18.0 Å². The fourth-order valence-corrected chi connectivity index (χ4v) is 2.67. The summed E-state index contributed by atoms with van der Waals surface area (Å²) < 4.78 is 16.2. The molecule has 1 aliphatic heterocycles. The highest BCUT2D eigenvalue weighted by Crippen LogP contribution is 2.34. The van der Waals surface area contributed by atoms with E-state index in [1.165, 1.54) is 0 Å². The number of carbonyl (C=O) groups is 2. The zero-order chi connectivity index (χ0) is 19.1. The Hall–Kier alpha value is -2.74. The number of nitrogens with one attached hydrogen (secondary N) is 2. The van der Waals surface area contributed by atoms with Crippen molar-refractivity contribution in [3.63, 3.8) is 0 Å². The molecule has 26 heavy (non-hydrogen) atoms. The third-order valence-electron chi connectivity index (χ3n) is 3.71. The molecule has 1 atom stereocenters. The van der Waals surface area contributed by atoms with Crippen molar-refractivity contribution in [1.82, 2.24) is 10.6 Å². The minimum atomic E-state index is -0.672. The van der Waals surface area contributed by atoms with Crippen LogP contribution in [0.2, 0.25) is 0 Å². The Morgan fingerprint density at radius 3 is 2.62 bits per heavy atom. The summed E-state index contributed by atoms with van der Waals surface area (Å²) >= 11 is 0. The number of carbonyl (C=O) groups excluding carboxylic acids is 2. The Kier molecular flexibility index (Phi) is 6.85. The molecule has 1 unspecified atom stereocenters. The molecular weight excluding hydrogens is 340 g/mol. The largest absolute Gasteiger partial charge is 0.490 e. The van der Waals surface area contributed by atoms with E-state index in [0.717, 1.165) is 0 Å². The number of hydrogen-bond acceptors (Lipinski definition) is 6. The molecule has 1 aliphatic rings. The van der Waals surface area contributed by atoms with Crippen molar-refractivity contribution in [2.45, 2.75) is 26.8 Å². The van der Waals surface area contributed by atoms with E-state index >= 15 is 0 Å². The minimum absolute atomic E-state index is 0.118. The van der Waals surface area contributed by atoms with Crippen molar-refractivity contribution in [1.29, 1.82) is 0 Å². The zero-order valence-electron chi connectivity index (χ0n) is 15.1. The van der Waals surface area contributed by atoms with Crippen LogP contribution in [-0.2, 0) is 9.53 Å². The molecule has 0 bridgehead atoms. The fraction of sp³-hybridized carbons (Fsp3) is 0.444. The number of aliphatic hydroxyl groups is 1. The van der Waals surface area contributed by atoms with Gasteiger partial charge >= 0.3 is 12.0 Å². The maximum Gasteiger partial charge on any atom is 0.338 e. The number of ether oxygens (including phenoxy) is 3. The molecule has 3 N–H and O–H groups in total. The molecule has 0 radical (unpaired) electrons. The zero-order valence-corrected chi connectivity index (χ0v) is 15.1. The standard InChI is InChI=1S/C18H24N2O6/c1-4-24-14-10-12(6-7-13(14)26-9-8-21)16-15(17(22)25-5-2)11(3)19-18(23)20-16/h6-7,10,16,21H,4-5,8-9H2,1-3H3,(H2,19,20,23). The van der Waals surface area contributed by atoms with Crippen LogP contribution in [-0.4, -0.2) is 43.5 Å². The molecule has 2 rings (SSSR count). The molecule has 2 amide bonds. The summed E-state index contributed by atoms with van der Waals surface area (Å²) in [6.07, 6.45) is 0. The first-order valence-corrected chi connectivity index (χ1v) is 8.47. The summed E-state index contributed by atoms with van der Waals surface area (Å²) in [4.78, 5) is 24.3. The lowest BCUT2D eigenvalue weighted by atomic mass is 9.95. The summed E-state index contributed by atoms with van der Waals surface area (Å²) in [6.45, 7) is 5.87. The second-order valence-corrected chi connectivity index (χ2v) is 5.50. The van der Waals surface area contributed by atoms with Gasteiger partial charge in [0.25, 0.3) is 0 Å². The molecule has 1 aromatic rings. The van der Waals surface area contributed by atoms with Crippen LogP contribution in [0.25, 0.3) is 0 Å². The Balaban J connectivity index is 2.42. The predicted molar refractivity (Wildman–Crippen MR) is 93.9 cm³/mol. The highest BCUT2D eigenvalue weighted by molar-refractivity contribution is 5.95. The Morgan fingerprint density at radius 2 is 1.96 bits per heavy atom. The van der Waals surface area contributed by atoms with Crippen LogP contribution in [0.3, 0.4) is 0 Å². The smallest absolute Gasteiger partial charge is 0.338 e. The summed E-state index contributed by atoms with van der Waals surface area (Å²) in [5.74, 6) is 0.441. The van der Waals surface area contributed by atoms with Gasteiger partial charge in [-0.25, -0.2) is 9.59 Å². The van der Waals surface area contributed by atoms with Crippen LogP contribution in [0.5, 0.6) is 11.5 Å². The van der Waals surface area contributed by atoms with Gasteiger partial charge in [0, 0.05) is 5.70 Å². The van der Waals surface area contributed by atoms with Gasteiger partial charge in [0.2, 0.25) is 0 Å². The third kappa shape index (κ3) is 4.45. The van der Waals surface area contributed by atoms with Crippen molar-refractivity contribution in [3.8, 4) is 11.5 Å². The van der Waals surface area contributed by atoms with Gasteiger partial charge in [-0.2, -0.15) is 0 Å². The van der Waals surface area contributed by atoms with Crippen molar-refractivity contribution in [2.75, 3.05) is 26.4 Å². The first kappa shape index (κ1) is 19.6. The number of aliphatic hydroxyl groups excluding tert-OH is 1. The molecule has 1 aromatic carbocycles. The van der Waals surface area contributed by atoms with E-state index in [-0.39, 0.29) is 19.8 Å². The number of hydrogen-bond donors (Lipinski definition) is 3. The van der Waals surface area contributed by atoms with Crippen LogP contribution in [0.15, 0.2) is 29.5 Å². The van der Waals surface area contributed by atoms with Gasteiger partial charge in [-0.15, -0.1) is 0 Å². The van der Waals surface area contributed by atoms with E-state index in [2.05, 4.69) is 10.6 Å². The monoisotopic (exact) mass is 364 g/mol. The first-order valence-electron chi connectivity index (χ1n) is 8.47. The summed E-state index contributed by atoms with van der Waals surface area (Å²) in [6, 6.07) is 4.05. The Morgan fingerprint density at radius 1 is 1.19 bits per heavy atom. The lowest BCUT2D eigenvalue weighted by molar-refractivity contribution is -0.139. The van der Waals surface area contributed by atoms with E-state index in [1.807, 2.05) is 6.92 Å². The maximum absolute atomic E-state index is 12.4. The SMILES string of the molecule is CCOC(=O)C1=C(C)NC(=O)NC1c1ccc(OCCO)c(OCC)c1. The third-order valence-corrected chi connectivity index (χ3v) is 3.71. The normalized spacial score (nSPS) is 16.6. The molecule has 8 heteroatoms. The van der Waals surface area contributed by atoms with E-state index in [9.17, 15) is 9.59 Å². The number of amides is 2. The van der Waals surface area contributed by atoms with Crippen molar-refractivity contribution in [2.24, 2.45) is 0 Å². The molecule has 0 aliphatic carbocycles. The minimum Gasteiger partial charge on any atom is -0.490 e. The average Bonchev–Trinajstić information content (AvgIpc) is 2.60. The van der Waals surface area contributed by atoms with Gasteiger partial charge < -0.3 is 30.0 Å². The average molecular weight is 364 g/mol. The molecule has 1 heterocycles. The van der Waals surface area contributed by atoms with Crippen LogP contribution >= 0.6 is 0 Å². The topological polar surface area (TPSA) is 106 Å². The number of allylic oxidation sites excluding steroid dienone is 1. The molecule has 0 saturated heterocycles. The van der Waals surface area contributed by atoms with Gasteiger partial charge in [0.05, 0.1) is 31.4 Å². The van der Waals surface area contributed by atoms with E-state index in [4.69, 9.17) is 19.3 Å². The Bertz CT molecular complexity index is 701. The van der Waals surface area contributed by atoms with Crippen LogP contribution in [0, 0.1) is 0 Å². The summed E-state index contributed by atoms with van der Waals surface area (Å²) in [5, 5.41) is 14.3. The Labute approximate surface area is 152 Å². The highest BCUT2D eigenvalue weighted by Gasteiger charge is 2.32. The number of benzene rings is 1. The first-order chi connectivity index (χ1) is 12.5. The van der Waals surface area contributed by atoms with Gasteiger partial charge in [-0.1, -0.05) is 6.07 Å². The lowest BCUT2D eigenvalue weighted by Gasteiger charge is -2.28. The fourth-order valence-electron chi connectivity index (χ4n) is 2.67. The van der Waals surface area contributed by atoms with Crippen LogP contribution in [0.4, 0.5) is 4.79 Å². The predicted octanol–water partition coefficient (Wildman–Crippen LogP) is 1.65. The quantitative estimate of drug-likeness (QED) is 0.606. The number of urea groups is 1. The van der Waals surface area contributed by atoms with Gasteiger partial charge in [-0.05, 0) is 38.5 Å². The van der Waals surface area contributed by atoms with Crippen LogP contribution < -0.4 is 20.1 Å². The second-order valence-electron chi connectivity index (χ2n) is 5.50. The van der Waals surface area contributed by atoms with Gasteiger partial charge in [-0.3, -0.25) is 0 Å². The molecule has 0 aromatic heterocycles. The maximum atomic E-state index is 12.4. The lowest BCUT2D eigenvalue weighted by Crippen LogP contribution is -2.45. The molecule has 142 valence electrons. The molecule has 0 fully saturated rings. The van der Waals surface area contributed by atoms with Crippen LogP contribution in [0.1, 0.15) is 32.4 Å². The molecular formula is C18H24N2O6. The highest BCUT2D eigenvalue weighted by atomic mass is 16.5. The summed E-state index contributed by atoms with van der Waals surface area (Å²) in [7, 11) is 0. The van der Waals surface area contributed by atoms with Crippen molar-refractivity contribution >= 4 is 12.0 Å². The molecule has 8 nitrogen and oxygen atoms in total. The van der Waals surface area contributed by atoms with Crippen molar-refractivity contribution < 1.29 is 28.9 Å².